The van der Waals surface area contributed by atoms with Gasteiger partial charge in [-0.25, -0.2) is 9.97 Å². The van der Waals surface area contributed by atoms with Crippen molar-refractivity contribution in [2.45, 2.75) is 6.04 Å². The van der Waals surface area contributed by atoms with Gasteiger partial charge in [-0.05, 0) is 35.4 Å². The van der Waals surface area contributed by atoms with E-state index in [0.717, 1.165) is 48.7 Å². The Morgan fingerprint density at radius 2 is 1.36 bits per heavy atom. The lowest BCUT2D eigenvalue weighted by atomic mass is 9.96. The summed E-state index contributed by atoms with van der Waals surface area (Å²) in [6.07, 6.45) is 2.03. The molecule has 0 N–H and O–H groups in total. The zero-order chi connectivity index (χ0) is 22.2. The first-order chi connectivity index (χ1) is 16.3. The molecule has 1 aliphatic rings. The lowest BCUT2D eigenvalue weighted by molar-refractivity contribution is 0.212. The third-order valence-corrected chi connectivity index (χ3v) is 6.67. The first-order valence-corrected chi connectivity index (χ1v) is 11.7. The van der Waals surface area contributed by atoms with Gasteiger partial charge in [0.25, 0.3) is 0 Å². The first kappa shape index (κ1) is 20.2. The van der Waals surface area contributed by atoms with E-state index in [2.05, 4.69) is 85.9 Å². The van der Waals surface area contributed by atoms with Gasteiger partial charge < -0.3 is 4.90 Å². The normalized spacial score (nSPS) is 15.0. The fourth-order valence-corrected chi connectivity index (χ4v) is 5.05. The van der Waals surface area contributed by atoms with Crippen LogP contribution in [0.25, 0.3) is 16.7 Å². The number of aromatic nitrogens is 3. The Hall–Kier alpha value is -3.41. The van der Waals surface area contributed by atoms with E-state index < -0.39 is 0 Å². The summed E-state index contributed by atoms with van der Waals surface area (Å²) in [4.78, 5) is 14.5. The lowest BCUT2D eigenvalue weighted by Crippen LogP contribution is -2.48. The highest BCUT2D eigenvalue weighted by atomic mass is 35.5. The third-order valence-electron chi connectivity index (χ3n) is 6.46. The van der Waals surface area contributed by atoms with E-state index in [1.807, 2.05) is 18.3 Å². The Morgan fingerprint density at radius 1 is 0.697 bits per heavy atom. The molecule has 3 aromatic heterocycles. The first-order valence-electron chi connectivity index (χ1n) is 11.3. The third kappa shape index (κ3) is 3.73. The summed E-state index contributed by atoms with van der Waals surface area (Å²) < 4.78 is 2.09. The largest absolute Gasteiger partial charge is 0.352 e. The van der Waals surface area contributed by atoms with Gasteiger partial charge in [0.1, 0.15) is 10.7 Å². The van der Waals surface area contributed by atoms with Crippen molar-refractivity contribution < 1.29 is 0 Å². The predicted molar refractivity (Wildman–Crippen MR) is 134 cm³/mol. The molecule has 0 bridgehead atoms. The number of rotatable bonds is 4. The topological polar surface area (TPSA) is 36.7 Å². The zero-order valence-electron chi connectivity index (χ0n) is 18.2. The van der Waals surface area contributed by atoms with Crippen molar-refractivity contribution in [3.8, 4) is 0 Å². The van der Waals surface area contributed by atoms with E-state index in [9.17, 15) is 0 Å². The van der Waals surface area contributed by atoms with Crippen LogP contribution in [-0.2, 0) is 0 Å². The predicted octanol–water partition coefficient (Wildman–Crippen LogP) is 5.45. The van der Waals surface area contributed by atoms with E-state index in [4.69, 9.17) is 16.6 Å². The average molecular weight is 454 g/mol. The zero-order valence-corrected chi connectivity index (χ0v) is 18.9. The van der Waals surface area contributed by atoms with Gasteiger partial charge in [0.15, 0.2) is 11.5 Å². The van der Waals surface area contributed by atoms with E-state index in [1.54, 1.807) is 6.07 Å². The molecular formula is C27H24ClN5. The van der Waals surface area contributed by atoms with Crippen LogP contribution in [0.5, 0.6) is 0 Å². The monoisotopic (exact) mass is 453 g/mol. The second-order valence-corrected chi connectivity index (χ2v) is 8.81. The second-order valence-electron chi connectivity index (χ2n) is 8.42. The maximum Gasteiger partial charge on any atom is 0.165 e. The fraction of sp³-hybridized carbons (Fsp3) is 0.185. The van der Waals surface area contributed by atoms with Gasteiger partial charge in [0.2, 0.25) is 0 Å². The summed E-state index contributed by atoms with van der Waals surface area (Å²) in [5.41, 5.74) is 5.37. The minimum atomic E-state index is 0.249. The van der Waals surface area contributed by atoms with Crippen LogP contribution in [0.3, 0.4) is 0 Å². The molecule has 0 atom stereocenters. The van der Waals surface area contributed by atoms with Gasteiger partial charge in [0.05, 0.1) is 11.6 Å². The minimum absolute atomic E-state index is 0.249. The maximum absolute atomic E-state index is 6.15. The number of benzene rings is 2. The van der Waals surface area contributed by atoms with Crippen LogP contribution in [0.15, 0.2) is 91.1 Å². The van der Waals surface area contributed by atoms with E-state index in [0.29, 0.717) is 5.15 Å². The molecular weight excluding hydrogens is 430 g/mol. The molecule has 1 fully saturated rings. The Balaban J connectivity index is 1.31. The molecule has 164 valence electrons. The van der Waals surface area contributed by atoms with Crippen molar-refractivity contribution in [1.82, 2.24) is 19.3 Å². The highest BCUT2D eigenvalue weighted by molar-refractivity contribution is 6.29. The van der Waals surface area contributed by atoms with Crippen LogP contribution in [0.1, 0.15) is 17.2 Å². The van der Waals surface area contributed by atoms with E-state index in [-0.39, 0.29) is 6.04 Å². The summed E-state index contributed by atoms with van der Waals surface area (Å²) in [6, 6.07) is 29.8. The smallest absolute Gasteiger partial charge is 0.165 e. The molecule has 0 unspecified atom stereocenters. The summed E-state index contributed by atoms with van der Waals surface area (Å²) in [5.74, 6) is 1.01. The lowest BCUT2D eigenvalue weighted by Gasteiger charge is -2.40. The molecule has 5 nitrogen and oxygen atoms in total. The molecule has 1 saturated heterocycles. The average Bonchev–Trinajstić information content (AvgIpc) is 3.36. The molecule has 0 amide bonds. The molecule has 0 radical (unpaired) electrons. The van der Waals surface area contributed by atoms with Crippen molar-refractivity contribution >= 4 is 34.1 Å². The number of halogens is 1. The molecule has 0 aliphatic carbocycles. The van der Waals surface area contributed by atoms with Crippen LogP contribution in [0, 0.1) is 0 Å². The Labute approximate surface area is 197 Å². The van der Waals surface area contributed by atoms with Crippen molar-refractivity contribution in [2.75, 3.05) is 31.1 Å². The summed E-state index contributed by atoms with van der Waals surface area (Å²) in [6.45, 7) is 3.74. The quantitative estimate of drug-likeness (QED) is 0.339. The number of nitrogens with zero attached hydrogens (tertiary/aromatic N) is 5. The maximum atomic E-state index is 6.15. The number of piperazine rings is 1. The van der Waals surface area contributed by atoms with Crippen LogP contribution < -0.4 is 4.90 Å². The number of hydrogen-bond donors (Lipinski definition) is 0. The van der Waals surface area contributed by atoms with E-state index in [1.165, 1.54) is 11.1 Å². The molecule has 2 aromatic carbocycles. The molecule has 1 aliphatic heterocycles. The molecule has 5 aromatic rings. The molecule has 6 rings (SSSR count). The van der Waals surface area contributed by atoms with Gasteiger partial charge in [-0.1, -0.05) is 72.3 Å². The van der Waals surface area contributed by atoms with Gasteiger partial charge >= 0.3 is 0 Å². The van der Waals surface area contributed by atoms with Gasteiger partial charge in [-0.2, -0.15) is 0 Å². The summed E-state index contributed by atoms with van der Waals surface area (Å²) >= 11 is 6.15. The Morgan fingerprint density at radius 3 is 2.03 bits per heavy atom. The standard InChI is InChI=1S/C27H24ClN5/c28-24-14-13-22-26(30-24)33-15-7-12-23(33)27(29-22)32-18-16-31(17-19-32)25(20-8-3-1-4-9-20)21-10-5-2-6-11-21/h1-15,25H,16-19H2. The van der Waals surface area contributed by atoms with Gasteiger partial charge in [-0.3, -0.25) is 9.30 Å². The SMILES string of the molecule is Clc1ccc2nc(N3CCN(C(c4ccccc4)c4ccccc4)CC3)c3cccn3c2n1. The van der Waals surface area contributed by atoms with E-state index >= 15 is 0 Å². The highest BCUT2D eigenvalue weighted by Gasteiger charge is 2.28. The summed E-state index contributed by atoms with van der Waals surface area (Å²) in [5, 5.41) is 0.480. The molecule has 0 spiro atoms. The Bertz CT molecular complexity index is 1350. The molecule has 0 saturated carbocycles. The number of anilines is 1. The van der Waals surface area contributed by atoms with Crippen molar-refractivity contribution in [3.05, 3.63) is 107 Å². The van der Waals surface area contributed by atoms with Crippen LogP contribution in [0.4, 0.5) is 5.82 Å². The van der Waals surface area contributed by atoms with Crippen molar-refractivity contribution in [1.29, 1.82) is 0 Å². The van der Waals surface area contributed by atoms with Crippen LogP contribution in [0.2, 0.25) is 5.15 Å². The fourth-order valence-electron chi connectivity index (χ4n) is 4.91. The van der Waals surface area contributed by atoms with Crippen LogP contribution >= 0.6 is 11.6 Å². The number of hydrogen-bond acceptors (Lipinski definition) is 4. The summed E-state index contributed by atoms with van der Waals surface area (Å²) in [7, 11) is 0. The second kappa shape index (κ2) is 8.50. The highest BCUT2D eigenvalue weighted by Crippen LogP contribution is 2.31. The minimum Gasteiger partial charge on any atom is -0.352 e. The molecule has 6 heteroatoms. The van der Waals surface area contributed by atoms with Crippen molar-refractivity contribution in [2.24, 2.45) is 0 Å². The van der Waals surface area contributed by atoms with Crippen molar-refractivity contribution in [3.63, 3.8) is 0 Å². The number of pyridine rings is 1. The van der Waals surface area contributed by atoms with Gasteiger partial charge in [0, 0.05) is 32.4 Å². The number of fused-ring (bicyclic) bond motifs is 3. The molecule has 33 heavy (non-hydrogen) atoms. The molecule has 4 heterocycles. The van der Waals surface area contributed by atoms with Gasteiger partial charge in [-0.15, -0.1) is 0 Å². The van der Waals surface area contributed by atoms with Crippen LogP contribution in [-0.4, -0.2) is 45.4 Å². The Kier molecular flexibility index (Phi) is 5.21.